The van der Waals surface area contributed by atoms with E-state index in [9.17, 15) is 4.79 Å². The van der Waals surface area contributed by atoms with Gasteiger partial charge in [0.2, 0.25) is 5.82 Å². The second-order valence-electron chi connectivity index (χ2n) is 1.49. The maximum Gasteiger partial charge on any atom is 0.314 e. The van der Waals surface area contributed by atoms with E-state index in [1.165, 1.54) is 6.92 Å². The van der Waals surface area contributed by atoms with Gasteiger partial charge in [-0.15, -0.1) is 0 Å². The van der Waals surface area contributed by atoms with Crippen molar-refractivity contribution >= 4 is 18.0 Å². The van der Waals surface area contributed by atoms with Crippen molar-refractivity contribution in [1.29, 1.82) is 0 Å². The number of Topliss-reactive ketones (excluding diaryl/α,β-unsaturated/α-hetero) is 1. The van der Waals surface area contributed by atoms with Crippen LogP contribution in [0.1, 0.15) is 17.5 Å². The summed E-state index contributed by atoms with van der Waals surface area (Å²) in [6.07, 6.45) is 0. The first-order valence-electron chi connectivity index (χ1n) is 2.26. The summed E-state index contributed by atoms with van der Waals surface area (Å²) in [5.41, 5.74) is 0. The smallest absolute Gasteiger partial charge is 0.314 e. The van der Waals surface area contributed by atoms with Crippen LogP contribution in [0.2, 0.25) is 0 Å². The SMILES string of the molecule is CC(=O)c1nc(=S)o[nH]1. The van der Waals surface area contributed by atoms with E-state index in [-0.39, 0.29) is 16.4 Å². The predicted octanol–water partition coefficient (Wildman–Crippen LogP) is 0.935. The highest BCUT2D eigenvalue weighted by molar-refractivity contribution is 7.71. The molecule has 5 heteroatoms. The fraction of sp³-hybridized carbons (Fsp3) is 0.250. The molecule has 9 heavy (non-hydrogen) atoms. The van der Waals surface area contributed by atoms with Gasteiger partial charge in [0.15, 0.2) is 5.78 Å². The van der Waals surface area contributed by atoms with Crippen LogP contribution in [0.4, 0.5) is 0 Å². The van der Waals surface area contributed by atoms with Gasteiger partial charge in [0.05, 0.1) is 0 Å². The number of H-pyrrole nitrogens is 1. The van der Waals surface area contributed by atoms with Gasteiger partial charge in [-0.05, 0) is 12.2 Å². The van der Waals surface area contributed by atoms with Crippen molar-refractivity contribution in [1.82, 2.24) is 10.1 Å². The molecule has 0 spiro atoms. The minimum absolute atomic E-state index is 0.0557. The molecule has 0 aliphatic carbocycles. The maximum atomic E-state index is 10.5. The Morgan fingerprint density at radius 3 is 2.78 bits per heavy atom. The lowest BCUT2D eigenvalue weighted by atomic mass is 10.4. The Kier molecular flexibility index (Phi) is 1.44. The molecule has 0 aromatic carbocycles. The van der Waals surface area contributed by atoms with Crippen LogP contribution in [0.15, 0.2) is 4.52 Å². The highest BCUT2D eigenvalue weighted by Gasteiger charge is 2.01. The van der Waals surface area contributed by atoms with Crippen molar-refractivity contribution in [3.63, 3.8) is 0 Å². The van der Waals surface area contributed by atoms with Crippen LogP contribution in [-0.4, -0.2) is 15.9 Å². The Bertz CT molecular complexity index is 274. The van der Waals surface area contributed by atoms with Crippen molar-refractivity contribution in [3.8, 4) is 0 Å². The average Bonchev–Trinajstić information content (AvgIpc) is 2.14. The van der Waals surface area contributed by atoms with E-state index >= 15 is 0 Å². The summed E-state index contributed by atoms with van der Waals surface area (Å²) in [5, 5.41) is 2.27. The molecular weight excluding hydrogens is 140 g/mol. The van der Waals surface area contributed by atoms with Gasteiger partial charge in [0.25, 0.3) is 0 Å². The lowest BCUT2D eigenvalue weighted by Gasteiger charge is -1.77. The monoisotopic (exact) mass is 144 g/mol. The van der Waals surface area contributed by atoms with Gasteiger partial charge in [-0.2, -0.15) is 10.1 Å². The maximum absolute atomic E-state index is 10.5. The lowest BCUT2D eigenvalue weighted by Crippen LogP contribution is -1.93. The Morgan fingerprint density at radius 2 is 2.56 bits per heavy atom. The lowest BCUT2D eigenvalue weighted by molar-refractivity contribution is 0.100. The second kappa shape index (κ2) is 2.10. The Hall–Kier alpha value is -0.970. The third kappa shape index (κ3) is 1.23. The van der Waals surface area contributed by atoms with Crippen LogP contribution < -0.4 is 0 Å². The predicted molar refractivity (Wildman–Crippen MR) is 31.7 cm³/mol. The summed E-state index contributed by atoms with van der Waals surface area (Å²) in [4.78, 5) is 14.1. The number of aromatic amines is 1. The highest BCUT2D eigenvalue weighted by Crippen LogP contribution is 1.90. The molecule has 0 fully saturated rings. The minimum atomic E-state index is -0.185. The number of carbonyl (C=O) groups is 1. The fourth-order valence-corrected chi connectivity index (χ4v) is 0.512. The largest absolute Gasteiger partial charge is 0.348 e. The molecule has 0 aliphatic rings. The zero-order chi connectivity index (χ0) is 6.85. The molecule has 0 saturated heterocycles. The molecule has 0 aliphatic heterocycles. The molecule has 0 radical (unpaired) electrons. The number of rotatable bonds is 1. The average molecular weight is 144 g/mol. The number of nitrogens with zero attached hydrogens (tertiary/aromatic N) is 1. The van der Waals surface area contributed by atoms with Crippen molar-refractivity contribution < 1.29 is 9.32 Å². The van der Waals surface area contributed by atoms with Gasteiger partial charge < -0.3 is 4.52 Å². The third-order valence-corrected chi connectivity index (χ3v) is 0.946. The molecule has 0 atom stereocenters. The summed E-state index contributed by atoms with van der Waals surface area (Å²) in [5.74, 6) is -0.0187. The van der Waals surface area contributed by atoms with Crippen LogP contribution in [0.25, 0.3) is 0 Å². The van der Waals surface area contributed by atoms with Crippen molar-refractivity contribution in [2.24, 2.45) is 0 Å². The fourth-order valence-electron chi connectivity index (χ4n) is 0.380. The van der Waals surface area contributed by atoms with Gasteiger partial charge in [-0.25, -0.2) is 0 Å². The molecule has 1 heterocycles. The van der Waals surface area contributed by atoms with E-state index in [0.29, 0.717) is 0 Å². The zero-order valence-electron chi connectivity index (χ0n) is 4.67. The first-order chi connectivity index (χ1) is 4.20. The summed E-state index contributed by atoms with van der Waals surface area (Å²) in [6.45, 7) is 1.38. The van der Waals surface area contributed by atoms with E-state index in [1.54, 1.807) is 0 Å². The molecule has 1 rings (SSSR count). The van der Waals surface area contributed by atoms with Gasteiger partial charge in [0, 0.05) is 6.92 Å². The summed E-state index contributed by atoms with van der Waals surface area (Å²) in [6, 6.07) is 0. The van der Waals surface area contributed by atoms with Gasteiger partial charge in [-0.3, -0.25) is 4.79 Å². The second-order valence-corrected chi connectivity index (χ2v) is 1.84. The Labute approximate surface area is 55.9 Å². The first kappa shape index (κ1) is 6.15. The number of carbonyl (C=O) groups excluding carboxylic acids is 1. The highest BCUT2D eigenvalue weighted by atomic mass is 32.1. The molecule has 1 aromatic rings. The van der Waals surface area contributed by atoms with Crippen LogP contribution >= 0.6 is 12.2 Å². The summed E-state index contributed by atoms with van der Waals surface area (Å²) >= 11 is 4.49. The van der Waals surface area contributed by atoms with E-state index in [4.69, 9.17) is 0 Å². The van der Waals surface area contributed by atoms with Crippen LogP contribution in [0, 0.1) is 4.84 Å². The first-order valence-corrected chi connectivity index (χ1v) is 2.67. The normalized spacial score (nSPS) is 9.44. The third-order valence-electron chi connectivity index (χ3n) is 0.772. The van der Waals surface area contributed by atoms with E-state index in [2.05, 4.69) is 26.9 Å². The molecule has 0 unspecified atom stereocenters. The molecular formula is C4H4N2O2S. The Morgan fingerprint density at radius 1 is 1.89 bits per heavy atom. The van der Waals surface area contributed by atoms with Gasteiger partial charge in [-0.1, -0.05) is 0 Å². The summed E-state index contributed by atoms with van der Waals surface area (Å²) < 4.78 is 4.48. The van der Waals surface area contributed by atoms with Crippen LogP contribution in [-0.2, 0) is 0 Å². The quantitative estimate of drug-likeness (QED) is 0.470. The molecule has 1 N–H and O–H groups in total. The number of ketones is 1. The van der Waals surface area contributed by atoms with E-state index < -0.39 is 0 Å². The minimum Gasteiger partial charge on any atom is -0.348 e. The van der Waals surface area contributed by atoms with Crippen LogP contribution in [0.3, 0.4) is 0 Å². The van der Waals surface area contributed by atoms with Crippen molar-refractivity contribution in [3.05, 3.63) is 10.7 Å². The molecule has 1 aromatic heterocycles. The number of hydrogen-bond donors (Lipinski definition) is 1. The van der Waals surface area contributed by atoms with E-state index in [0.717, 1.165) is 0 Å². The Balaban J connectivity index is 3.12. The molecule has 0 saturated carbocycles. The summed E-state index contributed by atoms with van der Waals surface area (Å²) in [7, 11) is 0. The van der Waals surface area contributed by atoms with Gasteiger partial charge >= 0.3 is 4.84 Å². The number of hydrogen-bond acceptors (Lipinski definition) is 4. The topological polar surface area (TPSA) is 58.9 Å². The molecule has 48 valence electrons. The molecule has 0 amide bonds. The number of aromatic nitrogens is 2. The van der Waals surface area contributed by atoms with Gasteiger partial charge in [0.1, 0.15) is 0 Å². The van der Waals surface area contributed by atoms with E-state index in [1.807, 2.05) is 0 Å². The van der Waals surface area contributed by atoms with Crippen molar-refractivity contribution in [2.45, 2.75) is 6.92 Å². The van der Waals surface area contributed by atoms with Crippen LogP contribution in [0.5, 0.6) is 0 Å². The van der Waals surface area contributed by atoms with Crippen molar-refractivity contribution in [2.75, 3.05) is 0 Å². The molecule has 0 bridgehead atoms. The molecule has 4 nitrogen and oxygen atoms in total. The standard InChI is InChI=1S/C4H4N2O2S/c1-2(7)3-5-4(9)8-6-3/h1H3,(H,5,6,9). The number of nitrogens with one attached hydrogen (secondary N) is 1. The zero-order valence-corrected chi connectivity index (χ0v) is 5.49.